The van der Waals surface area contributed by atoms with Crippen LogP contribution in [-0.4, -0.2) is 19.1 Å². The van der Waals surface area contributed by atoms with Crippen LogP contribution in [0.15, 0.2) is 18.2 Å². The Balaban J connectivity index is 2.11. The van der Waals surface area contributed by atoms with E-state index in [0.29, 0.717) is 6.42 Å². The Morgan fingerprint density at radius 1 is 1.42 bits per heavy atom. The monoisotopic (exact) mass is 272 g/mol. The maximum absolute atomic E-state index is 12.3. The number of rotatable bonds is 4. The molecule has 19 heavy (non-hydrogen) atoms. The molecule has 1 aliphatic heterocycles. The van der Waals surface area contributed by atoms with Crippen molar-refractivity contribution in [2.24, 2.45) is 0 Å². The molecule has 1 amide bonds. The van der Waals surface area contributed by atoms with Crippen LogP contribution in [0, 0.1) is 0 Å². The number of hydrogen-bond donors (Lipinski definition) is 2. The summed E-state index contributed by atoms with van der Waals surface area (Å²) in [6.45, 7) is 0. The summed E-state index contributed by atoms with van der Waals surface area (Å²) in [7, 11) is 1.64. The molecule has 6 heteroatoms. The van der Waals surface area contributed by atoms with E-state index in [1.807, 2.05) is 0 Å². The standard InChI is InChI=1S/C13H15F3N2O/c1-17-10(4-5-13(14,15)16)8-2-3-11-9(6-8)7-12(19)18-11/h2-3,6,10,17H,4-5,7H2,1H3,(H,18,19). The van der Waals surface area contributed by atoms with Crippen molar-refractivity contribution in [1.82, 2.24) is 5.32 Å². The number of benzene rings is 1. The maximum atomic E-state index is 12.3. The number of alkyl halides is 3. The summed E-state index contributed by atoms with van der Waals surface area (Å²) in [6.07, 6.45) is -4.70. The lowest BCUT2D eigenvalue weighted by Crippen LogP contribution is -2.19. The number of carbonyl (C=O) groups excluding carboxylic acids is 1. The first-order valence-corrected chi connectivity index (χ1v) is 6.06. The zero-order valence-electron chi connectivity index (χ0n) is 10.5. The van der Waals surface area contributed by atoms with Gasteiger partial charge in [-0.05, 0) is 30.7 Å². The second-order valence-corrected chi connectivity index (χ2v) is 4.64. The van der Waals surface area contributed by atoms with Crippen LogP contribution in [0.1, 0.15) is 30.0 Å². The number of anilines is 1. The van der Waals surface area contributed by atoms with Gasteiger partial charge >= 0.3 is 6.18 Å². The van der Waals surface area contributed by atoms with Gasteiger partial charge in [0, 0.05) is 18.2 Å². The minimum Gasteiger partial charge on any atom is -0.326 e. The smallest absolute Gasteiger partial charge is 0.326 e. The summed E-state index contributed by atoms with van der Waals surface area (Å²) in [5.41, 5.74) is 2.37. The predicted molar refractivity (Wildman–Crippen MR) is 65.9 cm³/mol. The molecule has 0 radical (unpaired) electrons. The number of amides is 1. The zero-order valence-corrected chi connectivity index (χ0v) is 10.5. The summed E-state index contributed by atoms with van der Waals surface area (Å²) in [4.78, 5) is 11.2. The van der Waals surface area contributed by atoms with Crippen LogP contribution in [0.5, 0.6) is 0 Å². The summed E-state index contributed by atoms with van der Waals surface area (Å²) in [5, 5.41) is 5.59. The molecule has 0 fully saturated rings. The molecule has 1 aromatic rings. The van der Waals surface area contributed by atoms with Gasteiger partial charge in [-0.2, -0.15) is 13.2 Å². The number of fused-ring (bicyclic) bond motifs is 1. The van der Waals surface area contributed by atoms with Crippen LogP contribution in [0.25, 0.3) is 0 Å². The van der Waals surface area contributed by atoms with Gasteiger partial charge in [0.15, 0.2) is 0 Å². The third kappa shape index (κ3) is 3.47. The fourth-order valence-corrected chi connectivity index (χ4v) is 2.25. The second kappa shape index (κ2) is 5.21. The number of halogens is 3. The van der Waals surface area contributed by atoms with Crippen molar-refractivity contribution < 1.29 is 18.0 Å². The van der Waals surface area contributed by atoms with Gasteiger partial charge in [0.25, 0.3) is 0 Å². The predicted octanol–water partition coefficient (Wildman–Crippen LogP) is 2.78. The Kier molecular flexibility index (Phi) is 3.80. The van der Waals surface area contributed by atoms with Gasteiger partial charge in [-0.3, -0.25) is 4.79 Å². The Morgan fingerprint density at radius 3 is 2.79 bits per heavy atom. The number of carbonyl (C=O) groups is 1. The Hall–Kier alpha value is -1.56. The first kappa shape index (κ1) is 13.9. The lowest BCUT2D eigenvalue weighted by atomic mass is 9.99. The summed E-state index contributed by atoms with van der Waals surface area (Å²) < 4.78 is 36.8. The molecular formula is C13H15F3N2O. The SMILES string of the molecule is CNC(CCC(F)(F)F)c1ccc2c(c1)CC(=O)N2. The molecule has 0 saturated heterocycles. The molecule has 2 rings (SSSR count). The molecule has 2 N–H and O–H groups in total. The van der Waals surface area contributed by atoms with Crippen molar-refractivity contribution in [2.45, 2.75) is 31.5 Å². The van der Waals surface area contributed by atoms with Crippen molar-refractivity contribution in [3.8, 4) is 0 Å². The lowest BCUT2D eigenvalue weighted by Gasteiger charge is -2.18. The Morgan fingerprint density at radius 2 is 2.16 bits per heavy atom. The average molecular weight is 272 g/mol. The van der Waals surface area contributed by atoms with Gasteiger partial charge in [-0.1, -0.05) is 12.1 Å². The quantitative estimate of drug-likeness (QED) is 0.885. The highest BCUT2D eigenvalue weighted by Gasteiger charge is 2.28. The van der Waals surface area contributed by atoms with Gasteiger partial charge in [0.05, 0.1) is 6.42 Å². The zero-order chi connectivity index (χ0) is 14.0. The van der Waals surface area contributed by atoms with Crippen molar-refractivity contribution in [3.63, 3.8) is 0 Å². The molecule has 1 aliphatic rings. The first-order chi connectivity index (χ1) is 8.89. The summed E-state index contributed by atoms with van der Waals surface area (Å²) >= 11 is 0. The van der Waals surface area contributed by atoms with Crippen LogP contribution in [0.2, 0.25) is 0 Å². The largest absolute Gasteiger partial charge is 0.389 e. The molecule has 0 bridgehead atoms. The van der Waals surface area contributed by atoms with Crippen LogP contribution < -0.4 is 10.6 Å². The molecule has 1 atom stereocenters. The molecule has 3 nitrogen and oxygen atoms in total. The second-order valence-electron chi connectivity index (χ2n) is 4.64. The third-order valence-corrected chi connectivity index (χ3v) is 3.22. The average Bonchev–Trinajstić information content (AvgIpc) is 2.67. The lowest BCUT2D eigenvalue weighted by molar-refractivity contribution is -0.136. The Bertz CT molecular complexity index is 485. The topological polar surface area (TPSA) is 41.1 Å². The van der Waals surface area contributed by atoms with E-state index in [1.165, 1.54) is 0 Å². The minimum absolute atomic E-state index is 0.0137. The molecule has 1 aromatic carbocycles. The van der Waals surface area contributed by atoms with E-state index in [9.17, 15) is 18.0 Å². The third-order valence-electron chi connectivity index (χ3n) is 3.22. The molecule has 0 spiro atoms. The highest BCUT2D eigenvalue weighted by molar-refractivity contribution is 5.99. The van der Waals surface area contributed by atoms with Gasteiger partial charge in [-0.15, -0.1) is 0 Å². The molecule has 0 saturated carbocycles. The van der Waals surface area contributed by atoms with Gasteiger partial charge in [0.1, 0.15) is 0 Å². The van der Waals surface area contributed by atoms with Crippen LogP contribution in [0.3, 0.4) is 0 Å². The highest BCUT2D eigenvalue weighted by atomic mass is 19.4. The molecule has 1 unspecified atom stereocenters. The van der Waals surface area contributed by atoms with Crippen LogP contribution in [0.4, 0.5) is 18.9 Å². The van der Waals surface area contributed by atoms with E-state index in [-0.39, 0.29) is 18.4 Å². The fraction of sp³-hybridized carbons (Fsp3) is 0.462. The van der Waals surface area contributed by atoms with E-state index in [1.54, 1.807) is 25.2 Å². The van der Waals surface area contributed by atoms with Gasteiger partial charge in [0.2, 0.25) is 5.91 Å². The molecule has 0 aliphatic carbocycles. The normalized spacial score (nSPS) is 16.1. The van der Waals surface area contributed by atoms with Crippen LogP contribution in [-0.2, 0) is 11.2 Å². The van der Waals surface area contributed by atoms with Crippen molar-refractivity contribution >= 4 is 11.6 Å². The molecular weight excluding hydrogens is 257 g/mol. The Labute approximate surface area is 109 Å². The number of hydrogen-bond acceptors (Lipinski definition) is 2. The van der Waals surface area contributed by atoms with Crippen molar-refractivity contribution in [1.29, 1.82) is 0 Å². The number of nitrogens with one attached hydrogen (secondary N) is 2. The van der Waals surface area contributed by atoms with E-state index in [0.717, 1.165) is 16.8 Å². The maximum Gasteiger partial charge on any atom is 0.389 e. The van der Waals surface area contributed by atoms with Crippen molar-refractivity contribution in [2.75, 3.05) is 12.4 Å². The van der Waals surface area contributed by atoms with Crippen molar-refractivity contribution in [3.05, 3.63) is 29.3 Å². The summed E-state index contributed by atoms with van der Waals surface area (Å²) in [5.74, 6) is -0.0801. The highest BCUT2D eigenvalue weighted by Crippen LogP contribution is 2.30. The van der Waals surface area contributed by atoms with Gasteiger partial charge in [-0.25, -0.2) is 0 Å². The van der Waals surface area contributed by atoms with E-state index in [2.05, 4.69) is 10.6 Å². The molecule has 1 heterocycles. The van der Waals surface area contributed by atoms with Crippen LogP contribution >= 0.6 is 0 Å². The molecule has 0 aromatic heterocycles. The molecule has 104 valence electrons. The summed E-state index contributed by atoms with van der Waals surface area (Å²) in [6, 6.07) is 4.93. The minimum atomic E-state index is -4.15. The first-order valence-electron chi connectivity index (χ1n) is 6.06. The fourth-order valence-electron chi connectivity index (χ4n) is 2.25. The van der Waals surface area contributed by atoms with E-state index >= 15 is 0 Å². The van der Waals surface area contributed by atoms with Gasteiger partial charge < -0.3 is 10.6 Å². The van der Waals surface area contributed by atoms with E-state index < -0.39 is 12.6 Å². The van der Waals surface area contributed by atoms with E-state index in [4.69, 9.17) is 0 Å².